The van der Waals surface area contributed by atoms with Crippen LogP contribution in [0.4, 0.5) is 0 Å². The molecule has 0 atom stereocenters. The molecule has 3 nitrogen and oxygen atoms in total. The quantitative estimate of drug-likeness (QED) is 0.885. The molecule has 21 heavy (non-hydrogen) atoms. The van der Waals surface area contributed by atoms with Crippen LogP contribution in [-0.4, -0.2) is 15.3 Å². The number of rotatable bonds is 5. The van der Waals surface area contributed by atoms with Crippen LogP contribution in [-0.2, 0) is 19.4 Å². The van der Waals surface area contributed by atoms with Crippen molar-refractivity contribution < 1.29 is 0 Å². The fourth-order valence-electron chi connectivity index (χ4n) is 3.58. The number of hydrogen-bond acceptors (Lipinski definition) is 2. The van der Waals surface area contributed by atoms with Crippen LogP contribution in [0, 0.1) is 11.8 Å². The van der Waals surface area contributed by atoms with Gasteiger partial charge in [-0.15, -0.1) is 0 Å². The van der Waals surface area contributed by atoms with Gasteiger partial charge in [-0.1, -0.05) is 32.4 Å². The zero-order chi connectivity index (χ0) is 15.6. The van der Waals surface area contributed by atoms with Gasteiger partial charge in [0.25, 0.3) is 0 Å². The minimum absolute atomic E-state index is 0.104. The van der Waals surface area contributed by atoms with Crippen molar-refractivity contribution in [2.45, 2.75) is 78.3 Å². The monoisotopic (exact) mass is 311 g/mol. The van der Waals surface area contributed by atoms with Crippen molar-refractivity contribution in [3.8, 4) is 0 Å². The maximum absolute atomic E-state index is 6.70. The first kappa shape index (κ1) is 16.8. The summed E-state index contributed by atoms with van der Waals surface area (Å²) >= 11 is 6.53. The fraction of sp³-hybridized carbons (Fsp3) is 0.824. The Bertz CT molecular complexity index is 471. The van der Waals surface area contributed by atoms with Gasteiger partial charge in [-0.05, 0) is 50.9 Å². The Labute approximate surface area is 134 Å². The summed E-state index contributed by atoms with van der Waals surface area (Å²) in [7, 11) is 0. The summed E-state index contributed by atoms with van der Waals surface area (Å²) in [4.78, 5) is 0. The molecular weight excluding hydrogens is 282 g/mol. The second-order valence-corrected chi connectivity index (χ2v) is 7.38. The molecule has 1 aliphatic carbocycles. The molecule has 0 aromatic carbocycles. The molecule has 1 aromatic heterocycles. The molecule has 1 saturated carbocycles. The van der Waals surface area contributed by atoms with E-state index in [1.165, 1.54) is 12.8 Å². The summed E-state index contributed by atoms with van der Waals surface area (Å²) in [5.74, 6) is 1.60. The highest BCUT2D eigenvalue weighted by molar-refractivity contribution is 6.31. The molecule has 0 saturated heterocycles. The Kier molecular flexibility index (Phi) is 5.37. The van der Waals surface area contributed by atoms with Crippen LogP contribution >= 0.6 is 11.6 Å². The summed E-state index contributed by atoms with van der Waals surface area (Å²) in [6, 6.07) is 0. The minimum Gasteiger partial charge on any atom is -0.325 e. The Morgan fingerprint density at radius 1 is 1.33 bits per heavy atom. The van der Waals surface area contributed by atoms with Gasteiger partial charge in [0.1, 0.15) is 0 Å². The van der Waals surface area contributed by atoms with E-state index in [1.54, 1.807) is 0 Å². The summed E-state index contributed by atoms with van der Waals surface area (Å²) < 4.78 is 2.05. The van der Waals surface area contributed by atoms with Gasteiger partial charge < -0.3 is 5.73 Å². The van der Waals surface area contributed by atoms with Crippen molar-refractivity contribution in [3.63, 3.8) is 0 Å². The van der Waals surface area contributed by atoms with E-state index in [9.17, 15) is 0 Å². The van der Waals surface area contributed by atoms with Crippen LogP contribution in [0.5, 0.6) is 0 Å². The molecule has 0 radical (unpaired) electrons. The highest BCUT2D eigenvalue weighted by atomic mass is 35.5. The topological polar surface area (TPSA) is 43.8 Å². The van der Waals surface area contributed by atoms with Gasteiger partial charge >= 0.3 is 0 Å². The summed E-state index contributed by atoms with van der Waals surface area (Å²) in [5, 5.41) is 5.46. The second kappa shape index (κ2) is 6.70. The zero-order valence-electron chi connectivity index (χ0n) is 14.0. The van der Waals surface area contributed by atoms with Crippen LogP contribution < -0.4 is 5.73 Å². The first-order valence-electron chi connectivity index (χ1n) is 8.43. The maximum Gasteiger partial charge on any atom is 0.0850 e. The van der Waals surface area contributed by atoms with Gasteiger partial charge in [-0.3, -0.25) is 4.68 Å². The van der Waals surface area contributed by atoms with Crippen LogP contribution in [0.15, 0.2) is 0 Å². The summed E-state index contributed by atoms with van der Waals surface area (Å²) in [5.41, 5.74) is 8.74. The Balaban J connectivity index is 2.13. The number of hydrogen-bond donors (Lipinski definition) is 1. The molecule has 2 rings (SSSR count). The average Bonchev–Trinajstić information content (AvgIpc) is 2.75. The second-order valence-electron chi connectivity index (χ2n) is 7.00. The normalized spacial score (nSPS) is 26.5. The van der Waals surface area contributed by atoms with Crippen molar-refractivity contribution >= 4 is 11.6 Å². The minimum atomic E-state index is -0.104. The average molecular weight is 312 g/mol. The standard InChI is InChI=1S/C17H30ClN3/c1-5-14-16(18)15(21(6-2)20-14)11-17(19)9-7-13(8-10-17)12(3)4/h12-13H,5-11,19H2,1-4H3. The number of nitrogens with zero attached hydrogens (tertiary/aromatic N) is 2. The smallest absolute Gasteiger partial charge is 0.0850 e. The van der Waals surface area contributed by atoms with E-state index < -0.39 is 0 Å². The lowest BCUT2D eigenvalue weighted by molar-refractivity contribution is 0.192. The first-order chi connectivity index (χ1) is 9.90. The molecule has 1 aliphatic rings. The van der Waals surface area contributed by atoms with E-state index in [1.807, 2.05) is 4.68 Å². The van der Waals surface area contributed by atoms with Gasteiger partial charge in [0.15, 0.2) is 0 Å². The van der Waals surface area contributed by atoms with Crippen molar-refractivity contribution in [1.82, 2.24) is 9.78 Å². The number of aryl methyl sites for hydroxylation is 2. The Hall–Kier alpha value is -0.540. The predicted octanol–water partition coefficient (Wildman–Crippen LogP) is 4.21. The SMILES string of the molecule is CCc1nn(CC)c(CC2(N)CCC(C(C)C)CC2)c1Cl. The number of nitrogens with two attached hydrogens (primary N) is 1. The molecular formula is C17H30ClN3. The predicted molar refractivity (Wildman–Crippen MR) is 89.7 cm³/mol. The first-order valence-corrected chi connectivity index (χ1v) is 8.81. The van der Waals surface area contributed by atoms with Gasteiger partial charge in [0.2, 0.25) is 0 Å². The van der Waals surface area contributed by atoms with Gasteiger partial charge in [-0.2, -0.15) is 5.10 Å². The lowest BCUT2D eigenvalue weighted by Gasteiger charge is -2.38. The molecule has 1 aromatic rings. The molecule has 0 unspecified atom stereocenters. The highest BCUT2D eigenvalue weighted by Crippen LogP contribution is 2.37. The van der Waals surface area contributed by atoms with E-state index in [0.29, 0.717) is 0 Å². The third kappa shape index (κ3) is 3.62. The van der Waals surface area contributed by atoms with Crippen LogP contribution in [0.25, 0.3) is 0 Å². The molecule has 120 valence electrons. The zero-order valence-corrected chi connectivity index (χ0v) is 14.7. The van der Waals surface area contributed by atoms with Gasteiger partial charge in [0.05, 0.1) is 16.4 Å². The Morgan fingerprint density at radius 3 is 2.43 bits per heavy atom. The molecule has 0 spiro atoms. The van der Waals surface area contributed by atoms with Crippen molar-refractivity contribution in [3.05, 3.63) is 16.4 Å². The van der Waals surface area contributed by atoms with Gasteiger partial charge in [0, 0.05) is 18.5 Å². The lowest BCUT2D eigenvalue weighted by Crippen LogP contribution is -2.46. The number of halogens is 1. The largest absolute Gasteiger partial charge is 0.325 e. The highest BCUT2D eigenvalue weighted by Gasteiger charge is 2.34. The van der Waals surface area contributed by atoms with E-state index in [0.717, 1.165) is 60.5 Å². The van der Waals surface area contributed by atoms with Crippen molar-refractivity contribution in [2.75, 3.05) is 0 Å². The van der Waals surface area contributed by atoms with Crippen LogP contribution in [0.2, 0.25) is 5.02 Å². The fourth-order valence-corrected chi connectivity index (χ4v) is 3.91. The molecule has 2 N–H and O–H groups in total. The van der Waals surface area contributed by atoms with Crippen molar-refractivity contribution in [1.29, 1.82) is 0 Å². The third-order valence-corrected chi connectivity index (χ3v) is 5.62. The van der Waals surface area contributed by atoms with Crippen LogP contribution in [0.1, 0.15) is 64.8 Å². The van der Waals surface area contributed by atoms with Gasteiger partial charge in [-0.25, -0.2) is 0 Å². The van der Waals surface area contributed by atoms with E-state index >= 15 is 0 Å². The summed E-state index contributed by atoms with van der Waals surface area (Å²) in [6.07, 6.45) is 6.42. The van der Waals surface area contributed by atoms with E-state index in [-0.39, 0.29) is 5.54 Å². The maximum atomic E-state index is 6.70. The molecule has 1 fully saturated rings. The third-order valence-electron chi connectivity index (χ3n) is 5.18. The molecule has 1 heterocycles. The Morgan fingerprint density at radius 2 is 1.95 bits per heavy atom. The lowest BCUT2D eigenvalue weighted by atomic mass is 9.71. The van der Waals surface area contributed by atoms with Crippen LogP contribution in [0.3, 0.4) is 0 Å². The molecule has 0 bridgehead atoms. The molecule has 0 aliphatic heterocycles. The summed E-state index contributed by atoms with van der Waals surface area (Å²) in [6.45, 7) is 9.73. The molecule has 0 amide bonds. The molecule has 4 heteroatoms. The van der Waals surface area contributed by atoms with E-state index in [2.05, 4.69) is 32.8 Å². The van der Waals surface area contributed by atoms with Crippen molar-refractivity contribution in [2.24, 2.45) is 17.6 Å². The van der Waals surface area contributed by atoms with E-state index in [4.69, 9.17) is 17.3 Å². The number of aromatic nitrogens is 2.